The number of amides is 2. The number of likely N-dealkylation sites (N-methyl/N-ethyl adjacent to an activating group) is 1. The predicted octanol–water partition coefficient (Wildman–Crippen LogP) is -0.504. The van der Waals surface area contributed by atoms with Gasteiger partial charge in [0.2, 0.25) is 11.8 Å². The monoisotopic (exact) mass is 214 g/mol. The molecule has 1 aliphatic heterocycles. The Kier molecular flexibility index (Phi) is 4.71. The van der Waals surface area contributed by atoms with Crippen LogP contribution >= 0.6 is 0 Å². The summed E-state index contributed by atoms with van der Waals surface area (Å²) < 4.78 is 0. The lowest BCUT2D eigenvalue weighted by atomic mass is 10.2. The van der Waals surface area contributed by atoms with E-state index in [1.807, 2.05) is 0 Å². The number of likely N-dealkylation sites (tertiary alicyclic amines) is 1. The van der Waals surface area contributed by atoms with E-state index in [1.54, 1.807) is 0 Å². The lowest BCUT2D eigenvalue weighted by Gasteiger charge is -2.10. The summed E-state index contributed by atoms with van der Waals surface area (Å²) in [6.07, 6.45) is 2.92. The number of carbonyl (C=O) groups excluding carboxylic acids is 2. The van der Waals surface area contributed by atoms with Crippen molar-refractivity contribution in [3.8, 4) is 0 Å². The molecule has 86 valence electrons. The Labute approximate surface area is 89.4 Å². The summed E-state index contributed by atoms with van der Waals surface area (Å²) in [4.78, 5) is 23.8. The molecule has 0 bridgehead atoms. The smallest absolute Gasteiger partial charge is 0.246 e. The van der Waals surface area contributed by atoms with Crippen molar-refractivity contribution in [1.82, 2.24) is 10.2 Å². The number of hydrogen-bond acceptors (Lipinski definition) is 4. The second-order valence-corrected chi connectivity index (χ2v) is 3.79. The molecule has 1 fully saturated rings. The van der Waals surface area contributed by atoms with Crippen molar-refractivity contribution < 1.29 is 14.7 Å². The zero-order valence-corrected chi connectivity index (χ0v) is 9.03. The third-order valence-corrected chi connectivity index (χ3v) is 2.61. The summed E-state index contributed by atoms with van der Waals surface area (Å²) in [6, 6.07) is -0.336. The molecule has 15 heavy (non-hydrogen) atoms. The first kappa shape index (κ1) is 12.1. The summed E-state index contributed by atoms with van der Waals surface area (Å²) in [7, 11) is 1.51. The second kappa shape index (κ2) is 5.82. The van der Waals surface area contributed by atoms with E-state index in [2.05, 4.69) is 5.32 Å². The molecular formula is C10H18N2O3. The van der Waals surface area contributed by atoms with Gasteiger partial charge < -0.3 is 10.4 Å². The van der Waals surface area contributed by atoms with E-state index in [9.17, 15) is 9.59 Å². The Morgan fingerprint density at radius 1 is 1.40 bits per heavy atom. The van der Waals surface area contributed by atoms with Crippen LogP contribution in [-0.2, 0) is 9.59 Å². The summed E-state index contributed by atoms with van der Waals surface area (Å²) in [5.74, 6) is -0.255. The molecule has 5 nitrogen and oxygen atoms in total. The molecule has 0 saturated carbocycles. The van der Waals surface area contributed by atoms with Gasteiger partial charge in [-0.25, -0.2) is 0 Å². The van der Waals surface area contributed by atoms with Crippen LogP contribution in [0.4, 0.5) is 0 Å². The van der Waals surface area contributed by atoms with Crippen molar-refractivity contribution in [1.29, 1.82) is 0 Å². The minimum Gasteiger partial charge on any atom is -0.396 e. The van der Waals surface area contributed by atoms with Crippen molar-refractivity contribution in [2.45, 2.75) is 31.7 Å². The molecule has 0 aromatic heterocycles. The quantitative estimate of drug-likeness (QED) is 0.462. The zero-order chi connectivity index (χ0) is 11.3. The first-order valence-corrected chi connectivity index (χ1v) is 5.31. The average Bonchev–Trinajstić information content (AvgIpc) is 2.46. The van der Waals surface area contributed by atoms with Gasteiger partial charge in [-0.3, -0.25) is 14.5 Å². The Balaban J connectivity index is 2.17. The number of rotatable bonds is 6. The Morgan fingerprint density at radius 2 is 2.13 bits per heavy atom. The molecule has 1 aliphatic rings. The SMILES string of the molecule is CN1C(=O)CC(NCCCCCO)C1=O. The van der Waals surface area contributed by atoms with E-state index in [0.29, 0.717) is 0 Å². The molecule has 2 N–H and O–H groups in total. The van der Waals surface area contributed by atoms with Crippen LogP contribution in [-0.4, -0.2) is 48.1 Å². The highest BCUT2D eigenvalue weighted by molar-refractivity contribution is 6.05. The van der Waals surface area contributed by atoms with Crippen molar-refractivity contribution >= 4 is 11.8 Å². The third kappa shape index (κ3) is 3.28. The number of aliphatic hydroxyl groups is 1. The number of nitrogens with one attached hydrogen (secondary N) is 1. The summed E-state index contributed by atoms with van der Waals surface area (Å²) in [6.45, 7) is 0.932. The molecule has 0 spiro atoms. The summed E-state index contributed by atoms with van der Waals surface area (Å²) in [5, 5.41) is 11.6. The lowest BCUT2D eigenvalue weighted by molar-refractivity contribution is -0.137. The van der Waals surface area contributed by atoms with Gasteiger partial charge >= 0.3 is 0 Å². The van der Waals surface area contributed by atoms with Crippen LogP contribution in [0.25, 0.3) is 0 Å². The van der Waals surface area contributed by atoms with E-state index in [4.69, 9.17) is 5.11 Å². The molecule has 0 aromatic carbocycles. The fourth-order valence-electron chi connectivity index (χ4n) is 1.60. The van der Waals surface area contributed by atoms with Gasteiger partial charge in [0, 0.05) is 13.7 Å². The first-order valence-electron chi connectivity index (χ1n) is 5.31. The number of carbonyl (C=O) groups is 2. The van der Waals surface area contributed by atoms with Gasteiger partial charge in [-0.05, 0) is 25.8 Å². The minimum atomic E-state index is -0.336. The largest absolute Gasteiger partial charge is 0.396 e. The molecule has 0 aromatic rings. The molecule has 2 amide bonds. The maximum atomic E-state index is 11.4. The summed E-state index contributed by atoms with van der Waals surface area (Å²) >= 11 is 0. The van der Waals surface area contributed by atoms with Gasteiger partial charge in [0.05, 0.1) is 12.5 Å². The molecular weight excluding hydrogens is 196 g/mol. The topological polar surface area (TPSA) is 69.6 Å². The highest BCUT2D eigenvalue weighted by Crippen LogP contribution is 2.10. The maximum absolute atomic E-state index is 11.4. The van der Waals surface area contributed by atoms with Crippen LogP contribution in [0.2, 0.25) is 0 Å². The van der Waals surface area contributed by atoms with Crippen LogP contribution in [0, 0.1) is 0 Å². The fourth-order valence-corrected chi connectivity index (χ4v) is 1.60. The molecule has 1 saturated heterocycles. The van der Waals surface area contributed by atoms with Crippen molar-refractivity contribution in [3.05, 3.63) is 0 Å². The van der Waals surface area contributed by atoms with E-state index < -0.39 is 0 Å². The normalized spacial score (nSPS) is 21.5. The molecule has 1 atom stereocenters. The van der Waals surface area contributed by atoms with Crippen LogP contribution < -0.4 is 5.32 Å². The van der Waals surface area contributed by atoms with Crippen LogP contribution in [0.15, 0.2) is 0 Å². The van der Waals surface area contributed by atoms with Gasteiger partial charge in [-0.1, -0.05) is 0 Å². The van der Waals surface area contributed by atoms with Gasteiger partial charge in [0.1, 0.15) is 0 Å². The van der Waals surface area contributed by atoms with Crippen molar-refractivity contribution in [2.24, 2.45) is 0 Å². The van der Waals surface area contributed by atoms with Crippen molar-refractivity contribution in [2.75, 3.05) is 20.2 Å². The lowest BCUT2D eigenvalue weighted by Crippen LogP contribution is -2.37. The van der Waals surface area contributed by atoms with E-state index >= 15 is 0 Å². The van der Waals surface area contributed by atoms with Crippen molar-refractivity contribution in [3.63, 3.8) is 0 Å². The van der Waals surface area contributed by atoms with E-state index in [-0.39, 0.29) is 30.9 Å². The van der Waals surface area contributed by atoms with Gasteiger partial charge in [0.25, 0.3) is 0 Å². The van der Waals surface area contributed by atoms with Gasteiger partial charge in [-0.15, -0.1) is 0 Å². The number of nitrogens with zero attached hydrogens (tertiary/aromatic N) is 1. The molecule has 5 heteroatoms. The fraction of sp³-hybridized carbons (Fsp3) is 0.800. The molecule has 0 aliphatic carbocycles. The summed E-state index contributed by atoms with van der Waals surface area (Å²) in [5.41, 5.74) is 0. The van der Waals surface area contributed by atoms with E-state index in [1.165, 1.54) is 11.9 Å². The molecule has 1 unspecified atom stereocenters. The number of imide groups is 1. The van der Waals surface area contributed by atoms with E-state index in [0.717, 1.165) is 25.8 Å². The Morgan fingerprint density at radius 3 is 2.67 bits per heavy atom. The third-order valence-electron chi connectivity index (χ3n) is 2.61. The average molecular weight is 214 g/mol. The Bertz CT molecular complexity index is 243. The van der Waals surface area contributed by atoms with Crippen LogP contribution in [0.1, 0.15) is 25.7 Å². The highest BCUT2D eigenvalue weighted by atomic mass is 16.3. The number of unbranched alkanes of at least 4 members (excludes halogenated alkanes) is 2. The highest BCUT2D eigenvalue weighted by Gasteiger charge is 2.35. The number of hydrogen-bond donors (Lipinski definition) is 2. The van der Waals surface area contributed by atoms with Gasteiger partial charge in [0.15, 0.2) is 0 Å². The second-order valence-electron chi connectivity index (χ2n) is 3.79. The Hall–Kier alpha value is -0.940. The zero-order valence-electron chi connectivity index (χ0n) is 9.03. The minimum absolute atomic E-state index is 0.118. The standard InChI is InChI=1S/C10H18N2O3/c1-12-9(14)7-8(10(12)15)11-5-3-2-4-6-13/h8,11,13H,2-7H2,1H3. The van der Waals surface area contributed by atoms with Crippen LogP contribution in [0.3, 0.4) is 0 Å². The first-order chi connectivity index (χ1) is 7.16. The van der Waals surface area contributed by atoms with Gasteiger partial charge in [-0.2, -0.15) is 0 Å². The molecule has 1 heterocycles. The maximum Gasteiger partial charge on any atom is 0.246 e. The molecule has 0 radical (unpaired) electrons. The number of aliphatic hydroxyl groups excluding tert-OH is 1. The predicted molar refractivity (Wildman–Crippen MR) is 55.1 cm³/mol. The molecule has 1 rings (SSSR count). The van der Waals surface area contributed by atoms with Crippen LogP contribution in [0.5, 0.6) is 0 Å².